The molecule has 7 nitrogen and oxygen atoms in total. The lowest BCUT2D eigenvalue weighted by Gasteiger charge is -2.16. The maximum absolute atomic E-state index is 7.79. The number of hydrogen-bond acceptors (Lipinski definition) is 6. The Balaban J connectivity index is 1.20. The number of aromatic nitrogens is 6. The van der Waals surface area contributed by atoms with Crippen molar-refractivity contribution in [1.82, 2.24) is 29.9 Å². The van der Waals surface area contributed by atoms with Crippen molar-refractivity contribution < 1.29 is 0 Å². The molecule has 0 aliphatic heterocycles. The quantitative estimate of drug-likeness (QED) is 0.135. The summed E-state index contributed by atoms with van der Waals surface area (Å²) in [5.41, 5.74) is 11.4. The summed E-state index contributed by atoms with van der Waals surface area (Å²) >= 11 is 0. The highest BCUT2D eigenvalue weighted by atomic mass is 15.0. The summed E-state index contributed by atoms with van der Waals surface area (Å²) in [7, 11) is 0. The van der Waals surface area contributed by atoms with E-state index in [0.29, 0.717) is 40.6 Å². The molecule has 10 aromatic rings. The van der Waals surface area contributed by atoms with E-state index in [1.807, 2.05) is 158 Å². The molecular weight excluding hydrogens is 759 g/mol. The molecule has 8 aromatic carbocycles. The number of rotatable bonds is 9. The van der Waals surface area contributed by atoms with E-state index in [4.69, 9.17) is 36.5 Å². The Hall–Kier alpha value is -8.73. The van der Waals surface area contributed by atoms with Crippen molar-refractivity contribution in [3.8, 4) is 102 Å². The molecular formula is C55H35N7. The van der Waals surface area contributed by atoms with Crippen molar-refractivity contribution in [1.29, 1.82) is 0 Å². The molecule has 0 amide bonds. The highest BCUT2D eigenvalue weighted by molar-refractivity contribution is 5.88. The Kier molecular flexibility index (Phi) is 10.2. The van der Waals surface area contributed by atoms with Crippen LogP contribution in [0.25, 0.3) is 107 Å². The molecule has 0 N–H and O–H groups in total. The normalized spacial score (nSPS) is 10.9. The van der Waals surface area contributed by atoms with Gasteiger partial charge in [0.1, 0.15) is 0 Å². The van der Waals surface area contributed by atoms with Crippen LogP contribution in [0, 0.1) is 6.57 Å². The van der Waals surface area contributed by atoms with Gasteiger partial charge in [-0.15, -0.1) is 0 Å². The third-order valence-electron chi connectivity index (χ3n) is 10.6. The Labute approximate surface area is 359 Å². The fraction of sp³-hybridized carbons (Fsp3) is 0. The molecule has 0 aliphatic carbocycles. The zero-order chi connectivity index (χ0) is 41.7. The lowest BCUT2D eigenvalue weighted by atomic mass is 9.92. The van der Waals surface area contributed by atoms with E-state index in [-0.39, 0.29) is 0 Å². The fourth-order valence-corrected chi connectivity index (χ4v) is 7.58. The number of hydrogen-bond donors (Lipinski definition) is 0. The second-order valence-electron chi connectivity index (χ2n) is 14.6. The largest absolute Gasteiger partial charge is 0.238 e. The molecule has 7 heteroatoms. The molecule has 0 unspecified atom stereocenters. The Morgan fingerprint density at radius 2 is 0.581 bits per heavy atom. The summed E-state index contributed by atoms with van der Waals surface area (Å²) in [4.78, 5) is 34.4. The maximum Gasteiger partial charge on any atom is 0.187 e. The topological polar surface area (TPSA) is 81.7 Å². The van der Waals surface area contributed by atoms with Crippen LogP contribution in [0.3, 0.4) is 0 Å². The highest BCUT2D eigenvalue weighted by Crippen LogP contribution is 2.39. The van der Waals surface area contributed by atoms with Crippen LogP contribution < -0.4 is 0 Å². The molecule has 0 aliphatic rings. The molecule has 0 saturated heterocycles. The predicted molar refractivity (Wildman–Crippen MR) is 248 cm³/mol. The molecule has 62 heavy (non-hydrogen) atoms. The van der Waals surface area contributed by atoms with E-state index in [2.05, 4.69) is 59.4 Å². The summed E-state index contributed by atoms with van der Waals surface area (Å²) in [5, 5.41) is 0. The van der Waals surface area contributed by atoms with Crippen LogP contribution in [0.2, 0.25) is 0 Å². The van der Waals surface area contributed by atoms with Crippen LogP contribution in [0.1, 0.15) is 0 Å². The maximum atomic E-state index is 7.79. The Bertz CT molecular complexity index is 3180. The highest BCUT2D eigenvalue weighted by Gasteiger charge is 2.20. The second-order valence-corrected chi connectivity index (χ2v) is 14.6. The molecule has 0 bridgehead atoms. The van der Waals surface area contributed by atoms with Gasteiger partial charge in [0.2, 0.25) is 0 Å². The minimum absolute atomic E-state index is 0.519. The summed E-state index contributed by atoms with van der Waals surface area (Å²) in [6, 6.07) is 70.7. The van der Waals surface area contributed by atoms with Gasteiger partial charge in [0.25, 0.3) is 0 Å². The van der Waals surface area contributed by atoms with Crippen LogP contribution in [0.4, 0.5) is 5.69 Å². The van der Waals surface area contributed by atoms with E-state index >= 15 is 0 Å². The van der Waals surface area contributed by atoms with Gasteiger partial charge in [-0.3, -0.25) is 0 Å². The van der Waals surface area contributed by atoms with Gasteiger partial charge in [0, 0.05) is 33.4 Å². The SMILES string of the molecule is [C-]#[N+]c1cccc(-c2cc(-c3nc(-c4ccccc4)nc(-c4ccccc4)n3)cc(-c3ccccc3-c3nc(-c4ccccc4)nc(-c4ccccc4-c4ccccc4)n3)c2)c1. The lowest BCUT2D eigenvalue weighted by molar-refractivity contribution is 1.07. The smallest absolute Gasteiger partial charge is 0.187 e. The molecule has 2 heterocycles. The predicted octanol–water partition coefficient (Wildman–Crippen LogP) is 13.6. The first-order chi connectivity index (χ1) is 30.7. The van der Waals surface area contributed by atoms with E-state index < -0.39 is 0 Å². The standard InChI is InChI=1S/C55H35N7/c1-56-45-28-18-27-41(36-45)42-33-43(35-44(34-42)53-58-50(38-21-8-3-9-22-38)57-51(59-53)39-23-10-4-11-24-39)47-30-15-17-32-49(47)55-61-52(40-25-12-5-13-26-40)60-54(62-55)48-31-16-14-29-46(48)37-19-6-2-7-20-37/h2-36H. The molecule has 2 aromatic heterocycles. The zero-order valence-corrected chi connectivity index (χ0v) is 33.3. The molecule has 0 spiro atoms. The van der Waals surface area contributed by atoms with E-state index in [0.717, 1.165) is 66.8 Å². The van der Waals surface area contributed by atoms with Crippen molar-refractivity contribution in [2.75, 3.05) is 0 Å². The van der Waals surface area contributed by atoms with Crippen molar-refractivity contribution in [3.63, 3.8) is 0 Å². The van der Waals surface area contributed by atoms with Crippen LogP contribution in [-0.2, 0) is 0 Å². The first-order valence-electron chi connectivity index (χ1n) is 20.2. The Morgan fingerprint density at radius 1 is 0.242 bits per heavy atom. The van der Waals surface area contributed by atoms with Gasteiger partial charge in [-0.2, -0.15) is 0 Å². The number of nitrogens with zero attached hydrogens (tertiary/aromatic N) is 7. The lowest BCUT2D eigenvalue weighted by Crippen LogP contribution is -2.02. The van der Waals surface area contributed by atoms with Crippen molar-refractivity contribution >= 4 is 5.69 Å². The van der Waals surface area contributed by atoms with Crippen molar-refractivity contribution in [2.45, 2.75) is 0 Å². The monoisotopic (exact) mass is 793 g/mol. The van der Waals surface area contributed by atoms with Crippen molar-refractivity contribution in [2.24, 2.45) is 0 Å². The molecule has 0 atom stereocenters. The minimum atomic E-state index is 0.519. The van der Waals surface area contributed by atoms with Crippen LogP contribution in [-0.4, -0.2) is 29.9 Å². The van der Waals surface area contributed by atoms with Gasteiger partial charge in [-0.05, 0) is 57.6 Å². The third-order valence-corrected chi connectivity index (χ3v) is 10.6. The average molecular weight is 794 g/mol. The van der Waals surface area contributed by atoms with Gasteiger partial charge in [0.05, 0.1) is 6.57 Å². The van der Waals surface area contributed by atoms with Gasteiger partial charge in [0.15, 0.2) is 40.6 Å². The summed E-state index contributed by atoms with van der Waals surface area (Å²) < 4.78 is 0. The van der Waals surface area contributed by atoms with E-state index in [1.54, 1.807) is 0 Å². The summed E-state index contributed by atoms with van der Waals surface area (Å²) in [6.07, 6.45) is 0. The summed E-state index contributed by atoms with van der Waals surface area (Å²) in [5.74, 6) is 3.33. The zero-order valence-electron chi connectivity index (χ0n) is 33.3. The molecule has 290 valence electrons. The number of benzene rings is 8. The van der Waals surface area contributed by atoms with Crippen LogP contribution in [0.5, 0.6) is 0 Å². The first kappa shape index (κ1) is 37.5. The molecule has 0 fully saturated rings. The third kappa shape index (κ3) is 7.75. The fourth-order valence-electron chi connectivity index (χ4n) is 7.58. The average Bonchev–Trinajstić information content (AvgIpc) is 3.37. The van der Waals surface area contributed by atoms with Crippen LogP contribution in [0.15, 0.2) is 212 Å². The molecule has 0 saturated carbocycles. The van der Waals surface area contributed by atoms with Gasteiger partial charge in [-0.1, -0.05) is 188 Å². The second kappa shape index (κ2) is 16.9. The van der Waals surface area contributed by atoms with Gasteiger partial charge in [-0.25, -0.2) is 34.7 Å². The Morgan fingerprint density at radius 3 is 1.06 bits per heavy atom. The molecule has 10 rings (SSSR count). The van der Waals surface area contributed by atoms with E-state index in [9.17, 15) is 0 Å². The van der Waals surface area contributed by atoms with Gasteiger partial charge < -0.3 is 0 Å². The van der Waals surface area contributed by atoms with E-state index in [1.165, 1.54) is 0 Å². The first-order valence-corrected chi connectivity index (χ1v) is 20.2. The minimum Gasteiger partial charge on any atom is -0.238 e. The van der Waals surface area contributed by atoms with Crippen molar-refractivity contribution in [3.05, 3.63) is 224 Å². The molecule has 0 radical (unpaired) electrons. The van der Waals surface area contributed by atoms with Gasteiger partial charge >= 0.3 is 0 Å². The summed E-state index contributed by atoms with van der Waals surface area (Å²) in [6.45, 7) is 7.79. The van der Waals surface area contributed by atoms with Crippen LogP contribution >= 0.6 is 0 Å².